The molecule has 1 aromatic heterocycles. The zero-order valence-corrected chi connectivity index (χ0v) is 17.3. The van der Waals surface area contributed by atoms with Gasteiger partial charge in [-0.05, 0) is 38.5 Å². The molecule has 4 aromatic rings. The van der Waals surface area contributed by atoms with Crippen LogP contribution >= 0.6 is 0 Å². The Kier molecular flexibility index (Phi) is 5.11. The van der Waals surface area contributed by atoms with Crippen molar-refractivity contribution in [2.45, 2.75) is 32.8 Å². The Balaban J connectivity index is 2.02. The van der Waals surface area contributed by atoms with Crippen molar-refractivity contribution in [3.05, 3.63) is 66.7 Å². The fraction of sp³-hybridized carbons (Fsp3) is 0.250. The molecule has 3 aromatic carbocycles. The van der Waals surface area contributed by atoms with Gasteiger partial charge in [0.05, 0.1) is 16.7 Å². The summed E-state index contributed by atoms with van der Waals surface area (Å²) in [6.07, 6.45) is 0.844. The van der Waals surface area contributed by atoms with Crippen LogP contribution in [0.3, 0.4) is 0 Å². The quantitative estimate of drug-likeness (QED) is 0.472. The predicted octanol–water partition coefficient (Wildman–Crippen LogP) is 5.04. The molecule has 0 saturated heterocycles. The van der Waals surface area contributed by atoms with Gasteiger partial charge in [-0.2, -0.15) is 0 Å². The topological polar surface area (TPSA) is 43.6 Å². The Morgan fingerprint density at radius 1 is 0.897 bits per heavy atom. The van der Waals surface area contributed by atoms with Crippen molar-refractivity contribution >= 4 is 34.4 Å². The van der Waals surface area contributed by atoms with Gasteiger partial charge in [-0.25, -0.2) is 0 Å². The van der Waals surface area contributed by atoms with E-state index in [1.807, 2.05) is 50.2 Å². The maximum Gasteiger partial charge on any atom is 0.496 e. The lowest BCUT2D eigenvalue weighted by molar-refractivity contribution is 0.0765. The van der Waals surface area contributed by atoms with E-state index in [0.717, 1.165) is 33.7 Å². The van der Waals surface area contributed by atoms with Crippen LogP contribution < -0.4 is 5.46 Å². The third-order valence-electron chi connectivity index (χ3n) is 5.60. The number of aromatic hydroxyl groups is 1. The van der Waals surface area contributed by atoms with E-state index < -0.39 is 7.12 Å². The minimum Gasteiger partial charge on any atom is -0.506 e. The lowest BCUT2D eigenvalue weighted by Gasteiger charge is -2.28. The summed E-state index contributed by atoms with van der Waals surface area (Å²) in [7, 11) is 1.03. The van der Waals surface area contributed by atoms with Crippen LogP contribution in [0.2, 0.25) is 0 Å². The average molecular weight is 387 g/mol. The second kappa shape index (κ2) is 7.58. The number of rotatable bonds is 6. The van der Waals surface area contributed by atoms with E-state index in [-0.39, 0.29) is 11.4 Å². The van der Waals surface area contributed by atoms with Crippen molar-refractivity contribution in [1.82, 2.24) is 4.57 Å². The number of fused-ring (bicyclic) bond motifs is 3. The molecule has 0 fully saturated rings. The number of benzene rings is 3. The summed E-state index contributed by atoms with van der Waals surface area (Å²) in [5.74, 6) is 0.189. The maximum atomic E-state index is 11.0. The number of aromatic nitrogens is 1. The van der Waals surface area contributed by atoms with E-state index in [2.05, 4.69) is 35.8 Å². The summed E-state index contributed by atoms with van der Waals surface area (Å²) in [4.78, 5) is 0. The van der Waals surface area contributed by atoms with E-state index in [0.29, 0.717) is 5.69 Å². The highest BCUT2D eigenvalue weighted by Crippen LogP contribution is 2.34. The molecule has 0 radical (unpaired) electrons. The molecule has 0 aliphatic rings. The minimum absolute atomic E-state index is 0.189. The zero-order chi connectivity index (χ0) is 20.6. The lowest BCUT2D eigenvalue weighted by atomic mass is 9.76. The fourth-order valence-electron chi connectivity index (χ4n) is 3.76. The van der Waals surface area contributed by atoms with Crippen molar-refractivity contribution in [1.29, 1.82) is 0 Å². The van der Waals surface area contributed by atoms with Crippen LogP contribution in [0.15, 0.2) is 66.7 Å². The lowest BCUT2D eigenvalue weighted by Crippen LogP contribution is -2.44. The molecule has 0 aliphatic heterocycles. The second-order valence-corrected chi connectivity index (χ2v) is 7.88. The first-order chi connectivity index (χ1) is 14.0. The number of hydrogen-bond donors (Lipinski definition) is 1. The van der Waals surface area contributed by atoms with Crippen LogP contribution in [-0.4, -0.2) is 29.5 Å². The van der Waals surface area contributed by atoms with E-state index >= 15 is 0 Å². The SMILES string of the molecule is CCC(C)(C)OB(OC)c1cccc(O)c1-n1c2ccccc2c2ccccc21. The Morgan fingerprint density at radius 3 is 2.03 bits per heavy atom. The van der Waals surface area contributed by atoms with Crippen LogP contribution in [0.4, 0.5) is 0 Å². The van der Waals surface area contributed by atoms with Crippen LogP contribution in [0.1, 0.15) is 27.2 Å². The van der Waals surface area contributed by atoms with Gasteiger partial charge in [0.15, 0.2) is 0 Å². The summed E-state index contributed by atoms with van der Waals surface area (Å²) in [5.41, 5.74) is 3.18. The van der Waals surface area contributed by atoms with Gasteiger partial charge in [-0.15, -0.1) is 0 Å². The highest BCUT2D eigenvalue weighted by Gasteiger charge is 2.32. The van der Waals surface area contributed by atoms with Crippen molar-refractivity contribution in [2.75, 3.05) is 7.11 Å². The molecule has 1 N–H and O–H groups in total. The van der Waals surface area contributed by atoms with Crippen LogP contribution in [0, 0.1) is 0 Å². The molecule has 0 saturated carbocycles. The molecule has 0 unspecified atom stereocenters. The van der Waals surface area contributed by atoms with Crippen molar-refractivity contribution in [3.63, 3.8) is 0 Å². The summed E-state index contributed by atoms with van der Waals surface area (Å²) in [6, 6.07) is 22.0. The molecular formula is C24H26BNO3. The number of phenols is 1. The largest absolute Gasteiger partial charge is 0.506 e. The molecule has 4 nitrogen and oxygen atoms in total. The number of hydrogen-bond acceptors (Lipinski definition) is 3. The molecule has 5 heteroatoms. The molecular weight excluding hydrogens is 361 g/mol. The molecule has 0 atom stereocenters. The Bertz CT molecular complexity index is 1110. The molecule has 148 valence electrons. The molecule has 29 heavy (non-hydrogen) atoms. The zero-order valence-electron chi connectivity index (χ0n) is 17.3. The summed E-state index contributed by atoms with van der Waals surface area (Å²) in [5, 5.41) is 13.2. The van der Waals surface area contributed by atoms with E-state index in [1.54, 1.807) is 13.2 Å². The molecule has 0 spiro atoms. The summed E-state index contributed by atoms with van der Waals surface area (Å²) in [6.45, 7) is 6.17. The van der Waals surface area contributed by atoms with Crippen LogP contribution in [-0.2, 0) is 9.31 Å². The molecule has 0 amide bonds. The number of para-hydroxylation sites is 3. The molecule has 1 heterocycles. The minimum atomic E-state index is -0.605. The third kappa shape index (κ3) is 3.41. The highest BCUT2D eigenvalue weighted by molar-refractivity contribution is 6.63. The number of nitrogens with zero attached hydrogens (tertiary/aromatic N) is 1. The summed E-state index contributed by atoms with van der Waals surface area (Å²) >= 11 is 0. The molecule has 0 bridgehead atoms. The standard InChI is InChI=1S/C24H26BNO3/c1-5-24(2,3)29-25(28-4)19-13-10-16-22(27)23(19)26-20-14-8-6-11-17(20)18-12-7-9-15-21(18)26/h6-16,27H,5H2,1-4H3. The van der Waals surface area contributed by atoms with Gasteiger partial charge >= 0.3 is 7.12 Å². The smallest absolute Gasteiger partial charge is 0.496 e. The van der Waals surface area contributed by atoms with E-state index in [9.17, 15) is 5.11 Å². The summed E-state index contributed by atoms with van der Waals surface area (Å²) < 4.78 is 14.1. The van der Waals surface area contributed by atoms with Gasteiger partial charge in [0.1, 0.15) is 5.75 Å². The van der Waals surface area contributed by atoms with Gasteiger partial charge in [-0.1, -0.05) is 55.5 Å². The third-order valence-corrected chi connectivity index (χ3v) is 5.60. The van der Waals surface area contributed by atoms with Crippen molar-refractivity contribution in [3.8, 4) is 11.4 Å². The predicted molar refractivity (Wildman–Crippen MR) is 120 cm³/mol. The van der Waals surface area contributed by atoms with Gasteiger partial charge in [0.25, 0.3) is 0 Å². The first-order valence-corrected chi connectivity index (χ1v) is 9.98. The second-order valence-electron chi connectivity index (χ2n) is 7.88. The Morgan fingerprint density at radius 2 is 1.48 bits per heavy atom. The first kappa shape index (κ1) is 19.6. The maximum absolute atomic E-state index is 11.0. The Hall–Kier alpha value is -2.76. The highest BCUT2D eigenvalue weighted by atomic mass is 16.6. The van der Waals surface area contributed by atoms with Gasteiger partial charge in [0.2, 0.25) is 0 Å². The van der Waals surface area contributed by atoms with Crippen LogP contribution in [0.25, 0.3) is 27.5 Å². The van der Waals surface area contributed by atoms with E-state index in [4.69, 9.17) is 9.31 Å². The normalized spacial score (nSPS) is 12.0. The van der Waals surface area contributed by atoms with Gasteiger partial charge in [-0.3, -0.25) is 0 Å². The molecule has 0 aliphatic carbocycles. The average Bonchev–Trinajstić information content (AvgIpc) is 3.06. The van der Waals surface area contributed by atoms with Crippen molar-refractivity contribution < 1.29 is 14.4 Å². The Labute approximate surface area is 171 Å². The fourth-order valence-corrected chi connectivity index (χ4v) is 3.76. The first-order valence-electron chi connectivity index (χ1n) is 9.98. The molecule has 4 rings (SSSR count). The van der Waals surface area contributed by atoms with Gasteiger partial charge < -0.3 is 19.0 Å². The van der Waals surface area contributed by atoms with Crippen molar-refractivity contribution in [2.24, 2.45) is 0 Å². The number of phenolic OH excluding ortho intramolecular Hbond substituents is 1. The monoisotopic (exact) mass is 387 g/mol. The van der Waals surface area contributed by atoms with E-state index in [1.165, 1.54) is 0 Å². The van der Waals surface area contributed by atoms with Crippen LogP contribution in [0.5, 0.6) is 5.75 Å². The van der Waals surface area contributed by atoms with Gasteiger partial charge in [0, 0.05) is 28.9 Å².